The molecule has 0 bridgehead atoms. The molecular formula is C14H15NO3. The predicted octanol–water partition coefficient (Wildman–Crippen LogP) is 2.06. The van der Waals surface area contributed by atoms with Crippen LogP contribution in [-0.2, 0) is 0 Å². The van der Waals surface area contributed by atoms with E-state index in [1.165, 1.54) is 19.2 Å². The van der Waals surface area contributed by atoms with Crippen molar-refractivity contribution >= 4 is 5.69 Å². The van der Waals surface area contributed by atoms with Gasteiger partial charge in [0.15, 0.2) is 0 Å². The van der Waals surface area contributed by atoms with Crippen LogP contribution in [0.15, 0.2) is 42.5 Å². The number of hydrogen-bond acceptors (Lipinski definition) is 4. The summed E-state index contributed by atoms with van der Waals surface area (Å²) in [6.45, 7) is 0. The summed E-state index contributed by atoms with van der Waals surface area (Å²) >= 11 is 0. The SMILES string of the molecule is COc1ccccc1C(O)c1cc(O)ccc1N. The standard InChI is InChI=1S/C14H15NO3/c1-18-13-5-3-2-4-10(13)14(17)11-8-9(16)6-7-12(11)15/h2-8,14,16-17H,15H2,1H3. The smallest absolute Gasteiger partial charge is 0.125 e. The summed E-state index contributed by atoms with van der Waals surface area (Å²) in [5.41, 5.74) is 7.30. The molecule has 0 radical (unpaired) electrons. The van der Waals surface area contributed by atoms with Gasteiger partial charge in [-0.2, -0.15) is 0 Å². The van der Waals surface area contributed by atoms with E-state index in [4.69, 9.17) is 10.5 Å². The number of rotatable bonds is 3. The number of anilines is 1. The number of para-hydroxylation sites is 1. The summed E-state index contributed by atoms with van der Waals surface area (Å²) in [4.78, 5) is 0. The van der Waals surface area contributed by atoms with Crippen molar-refractivity contribution in [3.8, 4) is 11.5 Å². The van der Waals surface area contributed by atoms with E-state index < -0.39 is 6.10 Å². The maximum Gasteiger partial charge on any atom is 0.125 e. The van der Waals surface area contributed by atoms with Crippen molar-refractivity contribution in [3.05, 3.63) is 53.6 Å². The van der Waals surface area contributed by atoms with Crippen molar-refractivity contribution < 1.29 is 14.9 Å². The van der Waals surface area contributed by atoms with Crippen molar-refractivity contribution in [2.24, 2.45) is 0 Å². The van der Waals surface area contributed by atoms with E-state index >= 15 is 0 Å². The van der Waals surface area contributed by atoms with E-state index in [0.717, 1.165) is 0 Å². The van der Waals surface area contributed by atoms with Gasteiger partial charge in [-0.25, -0.2) is 0 Å². The van der Waals surface area contributed by atoms with Crippen molar-refractivity contribution in [1.82, 2.24) is 0 Å². The van der Waals surface area contributed by atoms with Gasteiger partial charge in [0.2, 0.25) is 0 Å². The summed E-state index contributed by atoms with van der Waals surface area (Å²) < 4.78 is 5.19. The zero-order valence-corrected chi connectivity index (χ0v) is 10.00. The van der Waals surface area contributed by atoms with Gasteiger partial charge >= 0.3 is 0 Å². The fraction of sp³-hybridized carbons (Fsp3) is 0.143. The van der Waals surface area contributed by atoms with Gasteiger partial charge in [0, 0.05) is 16.8 Å². The summed E-state index contributed by atoms with van der Waals surface area (Å²) in [7, 11) is 1.54. The number of aliphatic hydroxyl groups is 1. The molecule has 94 valence electrons. The average Bonchev–Trinajstić information content (AvgIpc) is 2.40. The highest BCUT2D eigenvalue weighted by atomic mass is 16.5. The van der Waals surface area contributed by atoms with Gasteiger partial charge in [0.05, 0.1) is 7.11 Å². The number of phenolic OH excluding ortho intramolecular Hbond substituents is 1. The molecule has 2 aromatic rings. The van der Waals surface area contributed by atoms with Crippen molar-refractivity contribution in [3.63, 3.8) is 0 Å². The van der Waals surface area contributed by atoms with Crippen LogP contribution in [0.25, 0.3) is 0 Å². The molecule has 1 unspecified atom stereocenters. The molecule has 0 fully saturated rings. The average molecular weight is 245 g/mol. The molecule has 4 heteroatoms. The number of ether oxygens (including phenoxy) is 1. The van der Waals surface area contributed by atoms with E-state index in [-0.39, 0.29) is 5.75 Å². The molecule has 2 aromatic carbocycles. The van der Waals surface area contributed by atoms with Gasteiger partial charge < -0.3 is 20.7 Å². The lowest BCUT2D eigenvalue weighted by Crippen LogP contribution is -2.05. The van der Waals surface area contributed by atoms with Crippen molar-refractivity contribution in [1.29, 1.82) is 0 Å². The summed E-state index contributed by atoms with van der Waals surface area (Å²) in [6.07, 6.45) is -0.937. The third kappa shape index (κ3) is 2.24. The molecule has 0 spiro atoms. The number of nitrogen functional groups attached to an aromatic ring is 1. The molecule has 1 atom stereocenters. The zero-order chi connectivity index (χ0) is 13.1. The van der Waals surface area contributed by atoms with Gasteiger partial charge in [-0.1, -0.05) is 18.2 Å². The van der Waals surface area contributed by atoms with Gasteiger partial charge in [-0.05, 0) is 24.3 Å². The van der Waals surface area contributed by atoms with E-state index in [0.29, 0.717) is 22.6 Å². The first-order valence-corrected chi connectivity index (χ1v) is 5.53. The minimum Gasteiger partial charge on any atom is -0.508 e. The Morgan fingerprint density at radius 3 is 2.56 bits per heavy atom. The Bertz CT molecular complexity index is 554. The fourth-order valence-corrected chi connectivity index (χ4v) is 1.86. The second kappa shape index (κ2) is 4.98. The van der Waals surface area contributed by atoms with Gasteiger partial charge in [0.1, 0.15) is 17.6 Å². The normalized spacial score (nSPS) is 12.1. The Morgan fingerprint density at radius 2 is 1.83 bits per heavy atom. The Kier molecular flexibility index (Phi) is 3.39. The Labute approximate surface area is 105 Å². The molecule has 0 heterocycles. The molecule has 0 aliphatic carbocycles. The number of hydrogen-bond donors (Lipinski definition) is 3. The molecule has 0 aliphatic heterocycles. The molecule has 0 saturated heterocycles. The Hall–Kier alpha value is -2.20. The molecule has 0 amide bonds. The molecule has 0 aromatic heterocycles. The lowest BCUT2D eigenvalue weighted by atomic mass is 9.99. The van der Waals surface area contributed by atoms with Crippen molar-refractivity contribution in [2.75, 3.05) is 12.8 Å². The highest BCUT2D eigenvalue weighted by Crippen LogP contribution is 2.33. The molecule has 0 aliphatic rings. The first-order chi connectivity index (χ1) is 8.63. The predicted molar refractivity (Wildman–Crippen MR) is 69.6 cm³/mol. The first kappa shape index (κ1) is 12.3. The van der Waals surface area contributed by atoms with Crippen LogP contribution in [0.4, 0.5) is 5.69 Å². The van der Waals surface area contributed by atoms with Gasteiger partial charge in [0.25, 0.3) is 0 Å². The number of aromatic hydroxyl groups is 1. The van der Waals surface area contributed by atoms with Crippen LogP contribution in [0.2, 0.25) is 0 Å². The van der Waals surface area contributed by atoms with Crippen molar-refractivity contribution in [2.45, 2.75) is 6.10 Å². The molecule has 0 saturated carbocycles. The Balaban J connectivity index is 2.47. The minimum absolute atomic E-state index is 0.0631. The molecular weight excluding hydrogens is 230 g/mol. The van der Waals surface area contributed by atoms with Crippen LogP contribution in [0.1, 0.15) is 17.2 Å². The third-order valence-corrected chi connectivity index (χ3v) is 2.80. The van der Waals surface area contributed by atoms with Gasteiger partial charge in [-0.15, -0.1) is 0 Å². The number of nitrogens with two attached hydrogens (primary N) is 1. The van der Waals surface area contributed by atoms with E-state index in [1.54, 1.807) is 24.3 Å². The molecule has 18 heavy (non-hydrogen) atoms. The van der Waals surface area contributed by atoms with Crippen LogP contribution < -0.4 is 10.5 Å². The number of phenols is 1. The van der Waals surface area contributed by atoms with E-state index in [9.17, 15) is 10.2 Å². The van der Waals surface area contributed by atoms with Crippen LogP contribution in [0, 0.1) is 0 Å². The maximum absolute atomic E-state index is 10.3. The van der Waals surface area contributed by atoms with E-state index in [2.05, 4.69) is 0 Å². The Morgan fingerprint density at radius 1 is 1.11 bits per heavy atom. The number of aliphatic hydroxyl groups excluding tert-OH is 1. The lowest BCUT2D eigenvalue weighted by Gasteiger charge is -2.16. The molecule has 4 N–H and O–H groups in total. The monoisotopic (exact) mass is 245 g/mol. The topological polar surface area (TPSA) is 75.7 Å². The van der Waals surface area contributed by atoms with Crippen LogP contribution >= 0.6 is 0 Å². The fourth-order valence-electron chi connectivity index (χ4n) is 1.86. The quantitative estimate of drug-likeness (QED) is 0.571. The number of methoxy groups -OCH3 is 1. The summed E-state index contributed by atoms with van der Waals surface area (Å²) in [5.74, 6) is 0.640. The highest BCUT2D eigenvalue weighted by Gasteiger charge is 2.17. The highest BCUT2D eigenvalue weighted by molar-refractivity contribution is 5.55. The number of benzene rings is 2. The minimum atomic E-state index is -0.937. The second-order valence-corrected chi connectivity index (χ2v) is 3.96. The largest absolute Gasteiger partial charge is 0.508 e. The zero-order valence-electron chi connectivity index (χ0n) is 10.00. The summed E-state index contributed by atoms with van der Waals surface area (Å²) in [6, 6.07) is 11.6. The van der Waals surface area contributed by atoms with Crippen LogP contribution in [-0.4, -0.2) is 17.3 Å². The first-order valence-electron chi connectivity index (χ1n) is 5.53. The van der Waals surface area contributed by atoms with Crippen LogP contribution in [0.5, 0.6) is 11.5 Å². The second-order valence-electron chi connectivity index (χ2n) is 3.96. The van der Waals surface area contributed by atoms with Crippen LogP contribution in [0.3, 0.4) is 0 Å². The van der Waals surface area contributed by atoms with E-state index in [1.807, 2.05) is 6.07 Å². The molecule has 2 rings (SSSR count). The third-order valence-electron chi connectivity index (χ3n) is 2.80. The van der Waals surface area contributed by atoms with Gasteiger partial charge in [-0.3, -0.25) is 0 Å². The maximum atomic E-state index is 10.3. The lowest BCUT2D eigenvalue weighted by molar-refractivity contribution is 0.215. The summed E-state index contributed by atoms with van der Waals surface area (Å²) in [5, 5.41) is 19.8. The molecule has 4 nitrogen and oxygen atoms in total.